The molecular formula is C17H25NO3. The standard InChI is InChI=1S/C17H25NO3/c1-13(11-12-19)18-17(20)16(14-7-3-2-4-8-14)21-15-9-5-6-10-15/h2-4,7-8,13,15-16,19H,5-6,9-12H2,1H3,(H,18,20)/t13-,16?/m1/s1. The SMILES string of the molecule is C[C@H](CCO)NC(=O)C(OC1CCCC1)c1ccccc1. The van der Waals surface area contributed by atoms with Crippen LogP contribution < -0.4 is 5.32 Å². The van der Waals surface area contributed by atoms with Gasteiger partial charge in [-0.2, -0.15) is 0 Å². The van der Waals surface area contributed by atoms with E-state index in [-0.39, 0.29) is 24.7 Å². The number of carbonyl (C=O) groups is 1. The highest BCUT2D eigenvalue weighted by atomic mass is 16.5. The highest BCUT2D eigenvalue weighted by Gasteiger charge is 2.27. The second kappa shape index (κ2) is 8.15. The molecule has 116 valence electrons. The molecule has 0 spiro atoms. The number of nitrogens with one attached hydrogen (secondary N) is 1. The van der Waals surface area contributed by atoms with Crippen LogP contribution in [0.2, 0.25) is 0 Å². The van der Waals surface area contributed by atoms with E-state index in [1.165, 1.54) is 12.8 Å². The van der Waals surface area contributed by atoms with E-state index in [9.17, 15) is 4.79 Å². The van der Waals surface area contributed by atoms with Gasteiger partial charge in [-0.05, 0) is 31.7 Å². The maximum Gasteiger partial charge on any atom is 0.253 e. The summed E-state index contributed by atoms with van der Waals surface area (Å²) < 4.78 is 6.06. The lowest BCUT2D eigenvalue weighted by Gasteiger charge is -2.23. The molecule has 0 saturated heterocycles. The van der Waals surface area contributed by atoms with Crippen molar-refractivity contribution in [3.05, 3.63) is 35.9 Å². The Labute approximate surface area is 126 Å². The molecule has 1 aliphatic rings. The van der Waals surface area contributed by atoms with Crippen LogP contribution in [-0.4, -0.2) is 29.8 Å². The molecule has 4 nitrogen and oxygen atoms in total. The number of benzene rings is 1. The predicted molar refractivity (Wildman–Crippen MR) is 81.8 cm³/mol. The Morgan fingerprint density at radius 3 is 2.62 bits per heavy atom. The maximum absolute atomic E-state index is 12.5. The predicted octanol–water partition coefficient (Wildman–Crippen LogP) is 2.57. The van der Waals surface area contributed by atoms with E-state index in [1.54, 1.807) is 0 Å². The van der Waals surface area contributed by atoms with Gasteiger partial charge in [-0.15, -0.1) is 0 Å². The molecule has 4 heteroatoms. The number of hydrogen-bond donors (Lipinski definition) is 2. The zero-order chi connectivity index (χ0) is 15.1. The first kappa shape index (κ1) is 16.0. The monoisotopic (exact) mass is 291 g/mol. The summed E-state index contributed by atoms with van der Waals surface area (Å²) in [6.07, 6.45) is 4.58. The van der Waals surface area contributed by atoms with Gasteiger partial charge in [0.25, 0.3) is 5.91 Å². The molecule has 0 heterocycles. The Morgan fingerprint density at radius 2 is 2.00 bits per heavy atom. The third-order valence-electron chi connectivity index (χ3n) is 3.92. The Kier molecular flexibility index (Phi) is 6.21. The normalized spacial score (nSPS) is 18.4. The van der Waals surface area contributed by atoms with E-state index < -0.39 is 6.10 Å². The Hall–Kier alpha value is -1.39. The van der Waals surface area contributed by atoms with Crippen LogP contribution in [0.3, 0.4) is 0 Å². The largest absolute Gasteiger partial charge is 0.396 e. The Balaban J connectivity index is 2.05. The van der Waals surface area contributed by atoms with Gasteiger partial charge in [0.05, 0.1) is 6.10 Å². The minimum absolute atomic E-state index is 0.0547. The molecule has 0 aliphatic heterocycles. The highest BCUT2D eigenvalue weighted by molar-refractivity contribution is 5.82. The van der Waals surface area contributed by atoms with E-state index in [4.69, 9.17) is 9.84 Å². The molecule has 1 aromatic carbocycles. The fraction of sp³-hybridized carbons (Fsp3) is 0.588. The summed E-state index contributed by atoms with van der Waals surface area (Å²) in [4.78, 5) is 12.5. The number of aliphatic hydroxyl groups is 1. The average molecular weight is 291 g/mol. The minimum atomic E-state index is -0.560. The average Bonchev–Trinajstić information content (AvgIpc) is 2.99. The molecule has 1 aliphatic carbocycles. The summed E-state index contributed by atoms with van der Waals surface area (Å²) in [6.45, 7) is 1.96. The number of aliphatic hydroxyl groups excluding tert-OH is 1. The second-order valence-corrected chi connectivity index (χ2v) is 5.76. The topological polar surface area (TPSA) is 58.6 Å². The van der Waals surface area contributed by atoms with Crippen molar-refractivity contribution in [2.75, 3.05) is 6.61 Å². The van der Waals surface area contributed by atoms with Crippen molar-refractivity contribution < 1.29 is 14.6 Å². The van der Waals surface area contributed by atoms with E-state index in [0.29, 0.717) is 6.42 Å². The number of hydrogen-bond acceptors (Lipinski definition) is 3. The van der Waals surface area contributed by atoms with Crippen LogP contribution in [0.4, 0.5) is 0 Å². The number of carbonyl (C=O) groups excluding carboxylic acids is 1. The van der Waals surface area contributed by atoms with Crippen LogP contribution in [-0.2, 0) is 9.53 Å². The van der Waals surface area contributed by atoms with Crippen molar-refractivity contribution in [3.63, 3.8) is 0 Å². The molecule has 0 aromatic heterocycles. The van der Waals surface area contributed by atoms with E-state index in [2.05, 4.69) is 5.32 Å². The third kappa shape index (κ3) is 4.83. The van der Waals surface area contributed by atoms with Gasteiger partial charge in [0, 0.05) is 12.6 Å². The molecule has 1 amide bonds. The van der Waals surface area contributed by atoms with Gasteiger partial charge in [0.2, 0.25) is 0 Å². The quantitative estimate of drug-likeness (QED) is 0.812. The fourth-order valence-corrected chi connectivity index (χ4v) is 2.72. The van der Waals surface area contributed by atoms with Gasteiger partial charge in [-0.25, -0.2) is 0 Å². The van der Waals surface area contributed by atoms with Crippen molar-refractivity contribution in [2.24, 2.45) is 0 Å². The molecule has 0 radical (unpaired) electrons. The molecule has 2 rings (SSSR count). The molecule has 2 atom stereocenters. The minimum Gasteiger partial charge on any atom is -0.396 e. The molecule has 21 heavy (non-hydrogen) atoms. The van der Waals surface area contributed by atoms with E-state index in [0.717, 1.165) is 18.4 Å². The molecule has 0 bridgehead atoms. The smallest absolute Gasteiger partial charge is 0.253 e. The van der Waals surface area contributed by atoms with Crippen molar-refractivity contribution in [1.29, 1.82) is 0 Å². The lowest BCUT2D eigenvalue weighted by molar-refractivity contribution is -0.137. The van der Waals surface area contributed by atoms with Crippen LogP contribution in [0.5, 0.6) is 0 Å². The lowest BCUT2D eigenvalue weighted by atomic mass is 10.1. The summed E-state index contributed by atoms with van der Waals surface area (Å²) in [5, 5.41) is 11.9. The molecule has 2 N–H and O–H groups in total. The van der Waals surface area contributed by atoms with Crippen molar-refractivity contribution in [1.82, 2.24) is 5.32 Å². The zero-order valence-corrected chi connectivity index (χ0v) is 12.6. The summed E-state index contributed by atoms with van der Waals surface area (Å²) in [5.41, 5.74) is 0.887. The lowest BCUT2D eigenvalue weighted by Crippen LogP contribution is -2.38. The summed E-state index contributed by atoms with van der Waals surface area (Å²) >= 11 is 0. The second-order valence-electron chi connectivity index (χ2n) is 5.76. The van der Waals surface area contributed by atoms with Crippen molar-refractivity contribution in [3.8, 4) is 0 Å². The van der Waals surface area contributed by atoms with Crippen molar-refractivity contribution >= 4 is 5.91 Å². The highest BCUT2D eigenvalue weighted by Crippen LogP contribution is 2.28. The zero-order valence-electron chi connectivity index (χ0n) is 12.6. The van der Waals surface area contributed by atoms with Crippen LogP contribution in [0.25, 0.3) is 0 Å². The van der Waals surface area contributed by atoms with Crippen LogP contribution in [0.15, 0.2) is 30.3 Å². The first-order valence-corrected chi connectivity index (χ1v) is 7.82. The first-order valence-electron chi connectivity index (χ1n) is 7.82. The molecule has 1 fully saturated rings. The van der Waals surface area contributed by atoms with Gasteiger partial charge in [0.15, 0.2) is 6.10 Å². The van der Waals surface area contributed by atoms with Gasteiger partial charge >= 0.3 is 0 Å². The van der Waals surface area contributed by atoms with Gasteiger partial charge in [0.1, 0.15) is 0 Å². The summed E-state index contributed by atoms with van der Waals surface area (Å²) in [7, 11) is 0. The van der Waals surface area contributed by atoms with Crippen LogP contribution >= 0.6 is 0 Å². The Bertz CT molecular complexity index is 429. The maximum atomic E-state index is 12.5. The van der Waals surface area contributed by atoms with Gasteiger partial charge in [-0.1, -0.05) is 43.2 Å². The molecule has 1 aromatic rings. The summed E-state index contributed by atoms with van der Waals surface area (Å²) in [6, 6.07) is 9.57. The van der Waals surface area contributed by atoms with E-state index >= 15 is 0 Å². The third-order valence-corrected chi connectivity index (χ3v) is 3.92. The van der Waals surface area contributed by atoms with Crippen LogP contribution in [0, 0.1) is 0 Å². The fourth-order valence-electron chi connectivity index (χ4n) is 2.72. The molecular weight excluding hydrogens is 266 g/mol. The molecule has 1 saturated carbocycles. The van der Waals surface area contributed by atoms with Gasteiger partial charge < -0.3 is 15.2 Å². The van der Waals surface area contributed by atoms with Crippen molar-refractivity contribution in [2.45, 2.75) is 57.3 Å². The Morgan fingerprint density at radius 1 is 1.33 bits per heavy atom. The molecule has 1 unspecified atom stereocenters. The number of rotatable bonds is 7. The summed E-state index contributed by atoms with van der Waals surface area (Å²) in [5.74, 6) is -0.117. The van der Waals surface area contributed by atoms with Crippen LogP contribution in [0.1, 0.15) is 50.7 Å². The first-order chi connectivity index (χ1) is 10.2. The number of ether oxygens (including phenoxy) is 1. The van der Waals surface area contributed by atoms with E-state index in [1.807, 2.05) is 37.3 Å². The number of amides is 1. The van der Waals surface area contributed by atoms with Gasteiger partial charge in [-0.3, -0.25) is 4.79 Å².